The Bertz CT molecular complexity index is 828. The zero-order valence-corrected chi connectivity index (χ0v) is 16.1. The number of amidine groups is 2. The molecule has 2 heterocycles. The first-order chi connectivity index (χ1) is 13.1. The molecule has 1 aliphatic rings. The van der Waals surface area contributed by atoms with Crippen molar-refractivity contribution >= 4 is 40.3 Å². The number of nitrogens with zero attached hydrogens (tertiary/aromatic N) is 3. The molecular formula is C18H19ClN6OS. The molecule has 140 valence electrons. The summed E-state index contributed by atoms with van der Waals surface area (Å²) in [4.78, 5) is 22.7. The van der Waals surface area contributed by atoms with Gasteiger partial charge < -0.3 is 10.6 Å². The molecule has 1 aliphatic heterocycles. The number of pyridine rings is 1. The van der Waals surface area contributed by atoms with Gasteiger partial charge in [0.25, 0.3) is 0 Å². The number of thioether (sulfide) groups is 1. The number of aromatic nitrogens is 1. The molecule has 9 heteroatoms. The molecule has 0 fully saturated rings. The molecule has 1 amide bonds. The molecule has 0 radical (unpaired) electrons. The molecule has 0 atom stereocenters. The highest BCUT2D eigenvalue weighted by molar-refractivity contribution is 8.14. The van der Waals surface area contributed by atoms with Crippen LogP contribution in [0, 0.1) is 5.41 Å². The van der Waals surface area contributed by atoms with Gasteiger partial charge in [-0.05, 0) is 35.9 Å². The minimum atomic E-state index is -0.248. The second-order valence-corrected chi connectivity index (χ2v) is 7.25. The van der Waals surface area contributed by atoms with Crippen LogP contribution >= 0.6 is 23.4 Å². The molecule has 7 nitrogen and oxygen atoms in total. The van der Waals surface area contributed by atoms with Crippen molar-refractivity contribution in [1.29, 1.82) is 5.41 Å². The van der Waals surface area contributed by atoms with Crippen LogP contribution in [0.4, 0.5) is 0 Å². The Kier molecular flexibility index (Phi) is 6.80. The average Bonchev–Trinajstić information content (AvgIpc) is 2.69. The lowest BCUT2D eigenvalue weighted by molar-refractivity contribution is -0.117. The van der Waals surface area contributed by atoms with Crippen LogP contribution in [0.2, 0.25) is 5.02 Å². The smallest absolute Gasteiger partial charge is 0.236 e. The van der Waals surface area contributed by atoms with E-state index in [0.29, 0.717) is 23.9 Å². The van der Waals surface area contributed by atoms with Crippen LogP contribution in [0.25, 0.3) is 0 Å². The van der Waals surface area contributed by atoms with Gasteiger partial charge in [0.05, 0.1) is 19.1 Å². The Morgan fingerprint density at radius 3 is 2.81 bits per heavy atom. The van der Waals surface area contributed by atoms with Crippen LogP contribution in [0.5, 0.6) is 0 Å². The predicted octanol–water partition coefficient (Wildman–Crippen LogP) is 2.29. The number of aliphatic imine (C=N–C) groups is 1. The lowest BCUT2D eigenvalue weighted by atomic mass is 10.2. The van der Waals surface area contributed by atoms with Crippen LogP contribution < -0.4 is 10.6 Å². The van der Waals surface area contributed by atoms with Crippen LogP contribution in [-0.4, -0.2) is 45.9 Å². The van der Waals surface area contributed by atoms with Gasteiger partial charge in [0, 0.05) is 29.5 Å². The third-order valence-corrected chi connectivity index (χ3v) is 4.94. The van der Waals surface area contributed by atoms with Gasteiger partial charge >= 0.3 is 0 Å². The van der Waals surface area contributed by atoms with Gasteiger partial charge in [0.1, 0.15) is 5.84 Å². The van der Waals surface area contributed by atoms with Crippen LogP contribution in [0.1, 0.15) is 11.1 Å². The molecule has 0 saturated carbocycles. The van der Waals surface area contributed by atoms with E-state index in [1.807, 2.05) is 18.3 Å². The van der Waals surface area contributed by atoms with Crippen molar-refractivity contribution in [1.82, 2.24) is 20.5 Å². The zero-order chi connectivity index (χ0) is 19.1. The number of nitrogens with one attached hydrogen (secondary N) is 3. The van der Waals surface area contributed by atoms with Crippen molar-refractivity contribution in [3.63, 3.8) is 0 Å². The maximum atomic E-state index is 12.0. The van der Waals surface area contributed by atoms with Gasteiger partial charge in [-0.1, -0.05) is 29.4 Å². The van der Waals surface area contributed by atoms with Crippen LogP contribution in [0.15, 0.2) is 53.8 Å². The average molecular weight is 403 g/mol. The quantitative estimate of drug-likeness (QED) is 0.527. The molecule has 0 unspecified atom stereocenters. The van der Waals surface area contributed by atoms with Gasteiger partial charge in [-0.25, -0.2) is 4.99 Å². The normalized spacial score (nSPS) is 14.2. The highest BCUT2D eigenvalue weighted by atomic mass is 35.5. The fourth-order valence-corrected chi connectivity index (χ4v) is 3.18. The van der Waals surface area contributed by atoms with E-state index in [1.54, 1.807) is 30.5 Å². The summed E-state index contributed by atoms with van der Waals surface area (Å²) in [6, 6.07) is 10.7. The molecule has 0 saturated heterocycles. The maximum absolute atomic E-state index is 12.0. The summed E-state index contributed by atoms with van der Waals surface area (Å²) in [7, 11) is 0. The number of hydrogen-bond donors (Lipinski definition) is 3. The monoisotopic (exact) mass is 402 g/mol. The van der Waals surface area contributed by atoms with Crippen molar-refractivity contribution < 1.29 is 4.79 Å². The second-order valence-electron chi connectivity index (χ2n) is 5.85. The Labute approximate surface area is 166 Å². The third kappa shape index (κ3) is 6.06. The summed E-state index contributed by atoms with van der Waals surface area (Å²) < 4.78 is 0. The highest BCUT2D eigenvalue weighted by Gasteiger charge is 2.15. The topological polar surface area (TPSA) is 93.5 Å². The number of carbonyl (C=O) groups excluding carboxylic acids is 1. The minimum Gasteiger partial charge on any atom is -0.352 e. The molecule has 1 aromatic carbocycles. The Balaban J connectivity index is 1.41. The number of carbonyl (C=O) groups is 1. The number of halogens is 1. The predicted molar refractivity (Wildman–Crippen MR) is 109 cm³/mol. The lowest BCUT2D eigenvalue weighted by Crippen LogP contribution is -2.42. The number of benzene rings is 1. The summed E-state index contributed by atoms with van der Waals surface area (Å²) in [6.07, 6.45) is 3.59. The maximum Gasteiger partial charge on any atom is 0.236 e. The summed E-state index contributed by atoms with van der Waals surface area (Å²) in [6.45, 7) is 1.98. The number of rotatable bonds is 5. The zero-order valence-electron chi connectivity index (χ0n) is 14.5. The fraction of sp³-hybridized carbons (Fsp3) is 0.222. The summed E-state index contributed by atoms with van der Waals surface area (Å²) in [5.74, 6) is -0.00887. The Morgan fingerprint density at radius 2 is 2.15 bits per heavy atom. The van der Waals surface area contributed by atoms with Crippen molar-refractivity contribution in [2.24, 2.45) is 4.99 Å². The molecule has 1 aromatic heterocycles. The Morgan fingerprint density at radius 1 is 1.33 bits per heavy atom. The second kappa shape index (κ2) is 9.50. The summed E-state index contributed by atoms with van der Waals surface area (Å²) in [5.41, 5.74) is 1.74. The highest BCUT2D eigenvalue weighted by Crippen LogP contribution is 2.11. The van der Waals surface area contributed by atoms with E-state index in [1.165, 1.54) is 11.8 Å². The molecule has 2 aromatic rings. The van der Waals surface area contributed by atoms with E-state index >= 15 is 0 Å². The minimum absolute atomic E-state index is 0.0541. The van der Waals surface area contributed by atoms with E-state index < -0.39 is 0 Å². The first kappa shape index (κ1) is 19.3. The van der Waals surface area contributed by atoms with Crippen molar-refractivity contribution in [2.45, 2.75) is 6.54 Å². The number of hydrogen-bond acceptors (Lipinski definition) is 7. The molecule has 27 heavy (non-hydrogen) atoms. The van der Waals surface area contributed by atoms with Crippen LogP contribution in [0.3, 0.4) is 0 Å². The van der Waals surface area contributed by atoms with E-state index in [9.17, 15) is 4.79 Å². The van der Waals surface area contributed by atoms with Crippen molar-refractivity contribution in [3.05, 3.63) is 64.9 Å². The van der Waals surface area contributed by atoms with Gasteiger partial charge in [0.15, 0.2) is 5.17 Å². The van der Waals surface area contributed by atoms with E-state index in [2.05, 4.69) is 25.5 Å². The van der Waals surface area contributed by atoms with Gasteiger partial charge in [0.2, 0.25) is 5.91 Å². The molecule has 3 N–H and O–H groups in total. The third-order valence-electron chi connectivity index (χ3n) is 3.73. The SMILES string of the molecule is N=C(NC(=O)CSC1=NCN(Cc2cccnc2)CN1)c1ccc(Cl)cc1. The van der Waals surface area contributed by atoms with Crippen LogP contribution in [-0.2, 0) is 11.3 Å². The fourth-order valence-electron chi connectivity index (χ4n) is 2.40. The summed E-state index contributed by atoms with van der Waals surface area (Å²) in [5, 5.41) is 15.0. The lowest BCUT2D eigenvalue weighted by Gasteiger charge is -2.26. The first-order valence-corrected chi connectivity index (χ1v) is 9.63. The first-order valence-electron chi connectivity index (χ1n) is 8.27. The van der Waals surface area contributed by atoms with Gasteiger partial charge in [-0.2, -0.15) is 0 Å². The van der Waals surface area contributed by atoms with E-state index in [-0.39, 0.29) is 17.5 Å². The standard InChI is InChI=1S/C18H19ClN6OS/c19-15-5-3-14(4-6-15)17(20)24-16(26)10-27-18-22-11-25(12-23-18)9-13-2-1-7-21-8-13/h1-8H,9-12H2,(H,22,23)(H2,20,24,26). The van der Waals surface area contributed by atoms with Gasteiger partial charge in [-0.3, -0.25) is 20.1 Å². The molecular weight excluding hydrogens is 384 g/mol. The van der Waals surface area contributed by atoms with Crippen molar-refractivity contribution in [3.8, 4) is 0 Å². The molecule has 3 rings (SSSR count). The number of amides is 1. The van der Waals surface area contributed by atoms with Crippen molar-refractivity contribution in [2.75, 3.05) is 19.1 Å². The molecule has 0 bridgehead atoms. The Hall–Kier alpha value is -2.42. The van der Waals surface area contributed by atoms with E-state index in [4.69, 9.17) is 17.0 Å². The molecule has 0 spiro atoms. The van der Waals surface area contributed by atoms with E-state index in [0.717, 1.165) is 17.3 Å². The summed E-state index contributed by atoms with van der Waals surface area (Å²) >= 11 is 7.15. The van der Waals surface area contributed by atoms with Gasteiger partial charge in [-0.15, -0.1) is 0 Å². The largest absolute Gasteiger partial charge is 0.352 e. The molecule has 0 aliphatic carbocycles.